The SMILES string of the molecule is C/C(=N/NC(=O)Cn1c(=O)c(C)nc2ccccc21)c1ccc(Br)cc1. The summed E-state index contributed by atoms with van der Waals surface area (Å²) in [7, 11) is 0. The number of benzene rings is 2. The first-order valence-electron chi connectivity index (χ1n) is 8.01. The highest BCUT2D eigenvalue weighted by Gasteiger charge is 2.11. The molecule has 3 rings (SSSR count). The van der Waals surface area contributed by atoms with Gasteiger partial charge in [-0.05, 0) is 43.7 Å². The van der Waals surface area contributed by atoms with Gasteiger partial charge in [-0.1, -0.05) is 40.2 Å². The van der Waals surface area contributed by atoms with E-state index in [0.717, 1.165) is 10.0 Å². The molecule has 0 saturated carbocycles. The van der Waals surface area contributed by atoms with Crippen molar-refractivity contribution in [1.82, 2.24) is 15.0 Å². The number of hydrogen-bond donors (Lipinski definition) is 1. The lowest BCUT2D eigenvalue weighted by Gasteiger charge is -2.10. The number of fused-ring (bicyclic) bond motifs is 1. The molecule has 1 heterocycles. The molecular weight excluding hydrogens is 396 g/mol. The number of hydrogen-bond acceptors (Lipinski definition) is 4. The Bertz CT molecular complexity index is 1060. The summed E-state index contributed by atoms with van der Waals surface area (Å²) in [6.07, 6.45) is 0. The fraction of sp³-hybridized carbons (Fsp3) is 0.158. The fourth-order valence-corrected chi connectivity index (χ4v) is 2.82. The summed E-state index contributed by atoms with van der Waals surface area (Å²) < 4.78 is 2.38. The zero-order valence-electron chi connectivity index (χ0n) is 14.4. The molecule has 0 aliphatic heterocycles. The molecule has 0 radical (unpaired) electrons. The zero-order valence-corrected chi connectivity index (χ0v) is 15.9. The zero-order chi connectivity index (χ0) is 18.7. The van der Waals surface area contributed by atoms with Crippen molar-refractivity contribution in [3.63, 3.8) is 0 Å². The number of hydrazone groups is 1. The second kappa shape index (κ2) is 7.61. The molecule has 1 amide bonds. The Kier molecular flexibility index (Phi) is 5.27. The summed E-state index contributed by atoms with van der Waals surface area (Å²) in [4.78, 5) is 29.0. The predicted octanol–water partition coefficient (Wildman–Crippen LogP) is 3.01. The lowest BCUT2D eigenvalue weighted by Crippen LogP contribution is -2.32. The fourth-order valence-electron chi connectivity index (χ4n) is 2.56. The van der Waals surface area contributed by atoms with E-state index < -0.39 is 0 Å². The molecule has 6 nitrogen and oxygen atoms in total. The minimum atomic E-state index is -0.376. The Morgan fingerprint density at radius 3 is 2.62 bits per heavy atom. The van der Waals surface area contributed by atoms with Crippen molar-refractivity contribution in [3.05, 3.63) is 74.6 Å². The van der Waals surface area contributed by atoms with E-state index in [1.165, 1.54) is 4.57 Å². The maximum atomic E-state index is 12.4. The number of halogens is 1. The van der Waals surface area contributed by atoms with Crippen LogP contribution >= 0.6 is 15.9 Å². The standard InChI is InChI=1S/C19H17BrN4O2/c1-12(14-7-9-15(20)10-8-14)22-23-18(25)11-24-17-6-4-3-5-16(17)21-13(2)19(24)26/h3-10H,11H2,1-2H3,(H,23,25)/b22-12-. The molecule has 132 valence electrons. The van der Waals surface area contributed by atoms with Gasteiger partial charge in [0.05, 0.1) is 16.7 Å². The van der Waals surface area contributed by atoms with Crippen LogP contribution in [0.4, 0.5) is 0 Å². The van der Waals surface area contributed by atoms with Crippen LogP contribution in [0.2, 0.25) is 0 Å². The van der Waals surface area contributed by atoms with E-state index in [2.05, 4.69) is 31.4 Å². The number of para-hydroxylation sites is 2. The molecule has 2 aromatic carbocycles. The van der Waals surface area contributed by atoms with E-state index >= 15 is 0 Å². The second-order valence-electron chi connectivity index (χ2n) is 5.82. The van der Waals surface area contributed by atoms with E-state index in [9.17, 15) is 9.59 Å². The van der Waals surface area contributed by atoms with Gasteiger partial charge in [0.25, 0.3) is 11.5 Å². The molecular formula is C19H17BrN4O2. The summed E-state index contributed by atoms with van der Waals surface area (Å²) in [6, 6.07) is 14.8. The molecule has 0 atom stereocenters. The lowest BCUT2D eigenvalue weighted by molar-refractivity contribution is -0.121. The molecule has 0 fully saturated rings. The largest absolute Gasteiger partial charge is 0.296 e. The van der Waals surface area contributed by atoms with Crippen LogP contribution in [0.25, 0.3) is 11.0 Å². The van der Waals surface area contributed by atoms with Gasteiger partial charge < -0.3 is 0 Å². The molecule has 1 aromatic heterocycles. The molecule has 26 heavy (non-hydrogen) atoms. The molecule has 0 unspecified atom stereocenters. The second-order valence-corrected chi connectivity index (χ2v) is 6.73. The summed E-state index contributed by atoms with van der Waals surface area (Å²) >= 11 is 3.38. The normalized spacial score (nSPS) is 11.6. The third-order valence-corrected chi connectivity index (χ3v) is 4.46. The Morgan fingerprint density at radius 1 is 1.19 bits per heavy atom. The molecule has 0 bridgehead atoms. The maximum Gasteiger partial charge on any atom is 0.272 e. The van der Waals surface area contributed by atoms with Crippen LogP contribution in [0, 0.1) is 6.92 Å². The van der Waals surface area contributed by atoms with Gasteiger partial charge in [0.1, 0.15) is 12.2 Å². The van der Waals surface area contributed by atoms with Gasteiger partial charge in [0.15, 0.2) is 0 Å². The molecule has 7 heteroatoms. The summed E-state index contributed by atoms with van der Waals surface area (Å²) in [5.74, 6) is -0.376. The third kappa shape index (κ3) is 3.88. The monoisotopic (exact) mass is 412 g/mol. The number of rotatable bonds is 4. The smallest absolute Gasteiger partial charge is 0.272 e. The van der Waals surface area contributed by atoms with Gasteiger partial charge in [0, 0.05) is 4.47 Å². The summed E-state index contributed by atoms with van der Waals surface area (Å²) in [5, 5.41) is 4.12. The Balaban J connectivity index is 1.81. The molecule has 0 aliphatic rings. The van der Waals surface area contributed by atoms with Crippen molar-refractivity contribution in [1.29, 1.82) is 0 Å². The number of carbonyl (C=O) groups excluding carboxylic acids is 1. The van der Waals surface area contributed by atoms with Gasteiger partial charge in [-0.3, -0.25) is 14.2 Å². The van der Waals surface area contributed by atoms with E-state index in [4.69, 9.17) is 0 Å². The van der Waals surface area contributed by atoms with E-state index in [1.807, 2.05) is 49.4 Å². The highest BCUT2D eigenvalue weighted by atomic mass is 79.9. The summed E-state index contributed by atoms with van der Waals surface area (Å²) in [5.41, 5.74) is 5.45. The van der Waals surface area contributed by atoms with Crippen molar-refractivity contribution in [3.8, 4) is 0 Å². The first kappa shape index (κ1) is 18.0. The number of carbonyl (C=O) groups is 1. The van der Waals surface area contributed by atoms with Crippen molar-refractivity contribution < 1.29 is 4.79 Å². The number of nitrogens with zero attached hydrogens (tertiary/aromatic N) is 3. The number of aromatic nitrogens is 2. The van der Waals surface area contributed by atoms with Gasteiger partial charge in [-0.15, -0.1) is 0 Å². The molecule has 1 N–H and O–H groups in total. The van der Waals surface area contributed by atoms with Gasteiger partial charge >= 0.3 is 0 Å². The summed E-state index contributed by atoms with van der Waals surface area (Å²) in [6.45, 7) is 3.32. The topological polar surface area (TPSA) is 76.3 Å². The molecule has 0 aliphatic carbocycles. The Morgan fingerprint density at radius 2 is 1.88 bits per heavy atom. The first-order chi connectivity index (χ1) is 12.5. The van der Waals surface area contributed by atoms with E-state index in [1.54, 1.807) is 13.0 Å². The minimum Gasteiger partial charge on any atom is -0.296 e. The number of nitrogens with one attached hydrogen (secondary N) is 1. The van der Waals surface area contributed by atoms with Crippen molar-refractivity contribution in [2.45, 2.75) is 20.4 Å². The van der Waals surface area contributed by atoms with Crippen LogP contribution in [-0.4, -0.2) is 21.2 Å². The Hall–Kier alpha value is -2.80. The van der Waals surface area contributed by atoms with Crippen LogP contribution in [0.15, 0.2) is 62.9 Å². The lowest BCUT2D eigenvalue weighted by atomic mass is 10.1. The van der Waals surface area contributed by atoms with E-state index in [0.29, 0.717) is 22.4 Å². The first-order valence-corrected chi connectivity index (χ1v) is 8.80. The third-order valence-electron chi connectivity index (χ3n) is 3.93. The molecule has 0 spiro atoms. The van der Waals surface area contributed by atoms with Crippen LogP contribution in [0.5, 0.6) is 0 Å². The van der Waals surface area contributed by atoms with Crippen LogP contribution in [-0.2, 0) is 11.3 Å². The number of aryl methyl sites for hydroxylation is 1. The highest BCUT2D eigenvalue weighted by molar-refractivity contribution is 9.10. The average Bonchev–Trinajstić information content (AvgIpc) is 2.64. The molecule has 0 saturated heterocycles. The predicted molar refractivity (Wildman–Crippen MR) is 105 cm³/mol. The van der Waals surface area contributed by atoms with Crippen molar-refractivity contribution in [2.24, 2.45) is 5.10 Å². The molecule has 3 aromatic rings. The van der Waals surface area contributed by atoms with E-state index in [-0.39, 0.29) is 18.0 Å². The maximum absolute atomic E-state index is 12.4. The van der Waals surface area contributed by atoms with Gasteiger partial charge in [0.2, 0.25) is 0 Å². The van der Waals surface area contributed by atoms with Crippen LogP contribution < -0.4 is 11.0 Å². The Labute approximate surface area is 158 Å². The van der Waals surface area contributed by atoms with Crippen LogP contribution in [0.3, 0.4) is 0 Å². The van der Waals surface area contributed by atoms with Gasteiger partial charge in [-0.25, -0.2) is 10.4 Å². The number of amides is 1. The van der Waals surface area contributed by atoms with Crippen LogP contribution in [0.1, 0.15) is 18.2 Å². The van der Waals surface area contributed by atoms with Gasteiger partial charge in [-0.2, -0.15) is 5.10 Å². The van der Waals surface area contributed by atoms with Crippen molar-refractivity contribution >= 4 is 38.6 Å². The minimum absolute atomic E-state index is 0.125. The average molecular weight is 413 g/mol. The quantitative estimate of drug-likeness (QED) is 0.528. The van der Waals surface area contributed by atoms with Crippen molar-refractivity contribution in [2.75, 3.05) is 0 Å². The highest BCUT2D eigenvalue weighted by Crippen LogP contribution is 2.11.